The molecule has 1 fully saturated rings. The molecule has 250 valence electrons. The number of carbonyl (C=O) groups excluding carboxylic acids is 1. The van der Waals surface area contributed by atoms with Gasteiger partial charge in [0, 0.05) is 35.8 Å². The van der Waals surface area contributed by atoms with Crippen LogP contribution in [-0.2, 0) is 28.7 Å². The third-order valence-electron chi connectivity index (χ3n) is 10.4. The summed E-state index contributed by atoms with van der Waals surface area (Å²) in [6.45, 7) is 7.10. The standard InChI is InChI=1S/C37H44ClN3O5S/c1-24-9-16-35(39-21-24)37(43)17-6-7-25(2)26(3)47(44,45)40-36(42)28-12-15-34-33(20-28)41(22-29-11-14-32(29)37)18-5-4-8-27-19-31(38)13-10-30(27)23-46-34/h6,9-10,12-13,15-17,19-21,25-26,29,32,43H,4-5,7-8,11,14,18,22-23H2,1-3H3,(H,40,42)/b17-6+/t25-,26+,29-,32+,37-/m0/s1. The van der Waals surface area contributed by atoms with E-state index in [1.807, 2.05) is 56.3 Å². The first kappa shape index (κ1) is 33.5. The first-order valence-electron chi connectivity index (χ1n) is 16.6. The molecule has 1 aromatic heterocycles. The van der Waals surface area contributed by atoms with Gasteiger partial charge in [-0.25, -0.2) is 13.1 Å². The molecule has 10 heteroatoms. The Bertz CT molecular complexity index is 1760. The molecule has 0 unspecified atom stereocenters. The molecule has 1 aliphatic carbocycles. The summed E-state index contributed by atoms with van der Waals surface area (Å²) in [5.41, 5.74) is 3.48. The van der Waals surface area contributed by atoms with Crippen molar-refractivity contribution in [2.24, 2.45) is 17.8 Å². The van der Waals surface area contributed by atoms with E-state index < -0.39 is 26.8 Å². The van der Waals surface area contributed by atoms with Crippen LogP contribution < -0.4 is 14.4 Å². The summed E-state index contributed by atoms with van der Waals surface area (Å²) >= 11 is 6.35. The Balaban J connectivity index is 1.43. The first-order chi connectivity index (χ1) is 22.4. The lowest BCUT2D eigenvalue weighted by Gasteiger charge is -2.48. The normalized spacial score (nSPS) is 28.7. The van der Waals surface area contributed by atoms with Crippen molar-refractivity contribution in [1.29, 1.82) is 0 Å². The summed E-state index contributed by atoms with van der Waals surface area (Å²) in [7, 11) is -3.99. The monoisotopic (exact) mass is 677 g/mol. The number of nitrogens with one attached hydrogen (secondary N) is 1. The van der Waals surface area contributed by atoms with Crippen molar-refractivity contribution >= 4 is 33.2 Å². The van der Waals surface area contributed by atoms with Gasteiger partial charge in [0.15, 0.2) is 0 Å². The van der Waals surface area contributed by atoms with E-state index in [1.165, 1.54) is 0 Å². The maximum atomic E-state index is 13.5. The van der Waals surface area contributed by atoms with E-state index in [9.17, 15) is 18.3 Å². The molecule has 47 heavy (non-hydrogen) atoms. The Morgan fingerprint density at radius 3 is 2.64 bits per heavy atom. The number of hydrogen-bond acceptors (Lipinski definition) is 7. The highest BCUT2D eigenvalue weighted by Crippen LogP contribution is 2.48. The van der Waals surface area contributed by atoms with Gasteiger partial charge in [0.05, 0.1) is 16.6 Å². The number of aliphatic hydroxyl groups is 1. The van der Waals surface area contributed by atoms with E-state index in [2.05, 4.69) is 14.6 Å². The quantitative estimate of drug-likeness (QED) is 0.275. The van der Waals surface area contributed by atoms with Crippen molar-refractivity contribution in [2.45, 2.75) is 76.8 Å². The van der Waals surface area contributed by atoms with Crippen LogP contribution in [0.4, 0.5) is 5.69 Å². The lowest BCUT2D eigenvalue weighted by molar-refractivity contribution is -0.0528. The maximum absolute atomic E-state index is 13.5. The zero-order valence-electron chi connectivity index (χ0n) is 27.3. The van der Waals surface area contributed by atoms with Gasteiger partial charge in [-0.2, -0.15) is 0 Å². The molecular weight excluding hydrogens is 634 g/mol. The summed E-state index contributed by atoms with van der Waals surface area (Å²) < 4.78 is 35.6. The third kappa shape index (κ3) is 7.08. The van der Waals surface area contributed by atoms with E-state index in [0.29, 0.717) is 42.6 Å². The number of carbonyl (C=O) groups is 1. The zero-order chi connectivity index (χ0) is 33.3. The molecule has 3 aliphatic rings. The van der Waals surface area contributed by atoms with E-state index in [-0.39, 0.29) is 23.3 Å². The molecule has 2 aliphatic heterocycles. The number of rotatable bonds is 1. The highest BCUT2D eigenvalue weighted by atomic mass is 35.5. The number of ether oxygens (including phenoxy) is 1. The van der Waals surface area contributed by atoms with Gasteiger partial charge in [-0.15, -0.1) is 0 Å². The predicted octanol–water partition coefficient (Wildman–Crippen LogP) is 6.72. The fourth-order valence-electron chi connectivity index (χ4n) is 7.07. The van der Waals surface area contributed by atoms with Gasteiger partial charge in [0.25, 0.3) is 5.91 Å². The molecular formula is C37H44ClN3O5S. The SMILES string of the molecule is Cc1ccc([C@]2(O)/C=C/C[C@H](C)[C@@H](C)S(=O)(=O)NC(=O)c3ccc4c(c3)N(CCCCc3cc(Cl)ccc3CO4)C[C@@H]3CC[C@H]32)nc1. The number of allylic oxidation sites excluding steroid dienone is 1. The van der Waals surface area contributed by atoms with Crippen molar-refractivity contribution < 1.29 is 23.1 Å². The molecule has 0 spiro atoms. The lowest BCUT2D eigenvalue weighted by Crippen LogP contribution is -2.49. The van der Waals surface area contributed by atoms with Gasteiger partial charge in [0.1, 0.15) is 18.0 Å². The number of sulfonamides is 1. The second kappa shape index (κ2) is 13.6. The molecule has 0 radical (unpaired) electrons. The topological polar surface area (TPSA) is 109 Å². The summed E-state index contributed by atoms with van der Waals surface area (Å²) in [6.07, 6.45) is 10.3. The highest BCUT2D eigenvalue weighted by molar-refractivity contribution is 7.90. The molecule has 5 atom stereocenters. The van der Waals surface area contributed by atoms with Crippen LogP contribution in [0.15, 0.2) is 66.9 Å². The third-order valence-corrected chi connectivity index (χ3v) is 12.6. The van der Waals surface area contributed by atoms with Gasteiger partial charge in [-0.05, 0) is 117 Å². The van der Waals surface area contributed by atoms with Crippen LogP contribution >= 0.6 is 11.6 Å². The van der Waals surface area contributed by atoms with E-state index >= 15 is 0 Å². The van der Waals surface area contributed by atoms with Crippen LogP contribution in [-0.4, -0.2) is 42.8 Å². The second-order valence-corrected chi connectivity index (χ2v) is 16.0. The molecule has 3 aromatic rings. The second-order valence-electron chi connectivity index (χ2n) is 13.6. The molecule has 2 aromatic carbocycles. The number of aryl methyl sites for hydroxylation is 2. The van der Waals surface area contributed by atoms with Crippen LogP contribution in [0.3, 0.4) is 0 Å². The van der Waals surface area contributed by atoms with Crippen molar-refractivity contribution in [3.63, 3.8) is 0 Å². The highest BCUT2D eigenvalue weighted by Gasteiger charge is 2.47. The number of amides is 1. The van der Waals surface area contributed by atoms with Gasteiger partial charge < -0.3 is 14.7 Å². The Labute approximate surface area is 283 Å². The van der Waals surface area contributed by atoms with Crippen LogP contribution in [0.5, 0.6) is 5.75 Å². The molecule has 0 saturated heterocycles. The van der Waals surface area contributed by atoms with E-state index in [4.69, 9.17) is 16.3 Å². The fraction of sp³-hybridized carbons (Fsp3) is 0.459. The molecule has 2 N–H and O–H groups in total. The molecule has 1 amide bonds. The summed E-state index contributed by atoms with van der Waals surface area (Å²) in [5, 5.41) is 12.3. The zero-order valence-corrected chi connectivity index (χ0v) is 28.9. The van der Waals surface area contributed by atoms with Gasteiger partial charge in [-0.3, -0.25) is 9.78 Å². The van der Waals surface area contributed by atoms with Gasteiger partial charge in [0.2, 0.25) is 10.0 Å². The summed E-state index contributed by atoms with van der Waals surface area (Å²) in [5.74, 6) is -0.319. The number of fused-ring (bicyclic) bond motifs is 3. The molecule has 8 nitrogen and oxygen atoms in total. The predicted molar refractivity (Wildman–Crippen MR) is 185 cm³/mol. The van der Waals surface area contributed by atoms with Gasteiger partial charge >= 0.3 is 0 Å². The molecule has 1 saturated carbocycles. The fourth-order valence-corrected chi connectivity index (χ4v) is 8.55. The minimum Gasteiger partial charge on any atom is -0.487 e. The smallest absolute Gasteiger partial charge is 0.264 e. The minimum absolute atomic E-state index is 0.0984. The average molecular weight is 678 g/mol. The van der Waals surface area contributed by atoms with Crippen LogP contribution in [0.25, 0.3) is 0 Å². The maximum Gasteiger partial charge on any atom is 0.264 e. The van der Waals surface area contributed by atoms with Crippen LogP contribution in [0.2, 0.25) is 5.02 Å². The van der Waals surface area contributed by atoms with Crippen molar-refractivity contribution in [3.05, 3.63) is 99.9 Å². The molecule has 6 rings (SSSR count). The largest absolute Gasteiger partial charge is 0.487 e. The number of pyridine rings is 1. The Morgan fingerprint density at radius 2 is 1.89 bits per heavy atom. The Hall–Kier alpha value is -3.40. The summed E-state index contributed by atoms with van der Waals surface area (Å²) in [6, 6.07) is 14.9. The number of nitrogens with zero attached hydrogens (tertiary/aromatic N) is 2. The Kier molecular flexibility index (Phi) is 9.70. The van der Waals surface area contributed by atoms with E-state index in [1.54, 1.807) is 31.3 Å². The lowest BCUT2D eigenvalue weighted by atomic mass is 9.63. The number of hydrogen-bond donors (Lipinski definition) is 2. The minimum atomic E-state index is -3.99. The van der Waals surface area contributed by atoms with Crippen LogP contribution in [0.1, 0.15) is 78.7 Å². The number of benzene rings is 2. The van der Waals surface area contributed by atoms with Crippen molar-refractivity contribution in [3.8, 4) is 5.75 Å². The number of aromatic nitrogens is 1. The Morgan fingerprint density at radius 1 is 1.06 bits per heavy atom. The number of anilines is 1. The van der Waals surface area contributed by atoms with Crippen molar-refractivity contribution in [1.82, 2.24) is 9.71 Å². The molecule has 2 bridgehead atoms. The summed E-state index contributed by atoms with van der Waals surface area (Å²) in [4.78, 5) is 20.4. The van der Waals surface area contributed by atoms with E-state index in [0.717, 1.165) is 54.5 Å². The van der Waals surface area contributed by atoms with Gasteiger partial charge in [-0.1, -0.05) is 42.8 Å². The van der Waals surface area contributed by atoms with Crippen LogP contribution in [0, 0.1) is 24.7 Å². The average Bonchev–Trinajstić information content (AvgIpc) is 3.05. The first-order valence-corrected chi connectivity index (χ1v) is 18.6. The van der Waals surface area contributed by atoms with Crippen molar-refractivity contribution in [2.75, 3.05) is 18.0 Å². The molecule has 3 heterocycles. The number of halogens is 1.